The van der Waals surface area contributed by atoms with Gasteiger partial charge in [0.25, 0.3) is 5.91 Å². The first-order chi connectivity index (χ1) is 9.08. The number of aliphatic hydroxyl groups is 1. The molecule has 1 amide bonds. The van der Waals surface area contributed by atoms with E-state index in [0.29, 0.717) is 16.3 Å². The molecule has 5 nitrogen and oxygen atoms in total. The lowest BCUT2D eigenvalue weighted by Crippen LogP contribution is -2.28. The summed E-state index contributed by atoms with van der Waals surface area (Å²) < 4.78 is 4.80. The Morgan fingerprint density at radius 3 is 2.89 bits per heavy atom. The molecule has 0 aliphatic carbocycles. The third-order valence-electron chi connectivity index (χ3n) is 2.58. The second-order valence-corrected chi connectivity index (χ2v) is 4.48. The minimum Gasteiger partial charge on any atom is -0.387 e. The molecule has 0 radical (unpaired) electrons. The normalized spacial score (nSPS) is 12.2. The van der Waals surface area contributed by atoms with Crippen LogP contribution in [0.3, 0.4) is 0 Å². The zero-order valence-electron chi connectivity index (χ0n) is 10.3. The molecule has 0 saturated carbocycles. The van der Waals surface area contributed by atoms with E-state index < -0.39 is 12.0 Å². The Morgan fingerprint density at radius 2 is 2.26 bits per heavy atom. The molecule has 1 heterocycles. The number of benzene rings is 1. The number of nitrogens with zero attached hydrogens (tertiary/aromatic N) is 1. The number of hydrogen-bond donors (Lipinski definition) is 2. The predicted molar refractivity (Wildman–Crippen MR) is 70.0 cm³/mol. The summed E-state index contributed by atoms with van der Waals surface area (Å²) >= 11 is 5.95. The van der Waals surface area contributed by atoms with E-state index in [9.17, 15) is 9.90 Å². The molecule has 1 aromatic carbocycles. The fraction of sp³-hybridized carbons (Fsp3) is 0.231. The van der Waals surface area contributed by atoms with E-state index in [1.54, 1.807) is 31.2 Å². The predicted octanol–water partition coefficient (Wildman–Crippen LogP) is 2.10. The highest BCUT2D eigenvalue weighted by Gasteiger charge is 2.15. The Balaban J connectivity index is 1.96. The Bertz CT molecular complexity index is 583. The van der Waals surface area contributed by atoms with Crippen LogP contribution in [0.15, 0.2) is 34.9 Å². The third-order valence-corrected chi connectivity index (χ3v) is 2.93. The highest BCUT2D eigenvalue weighted by atomic mass is 35.5. The first-order valence-corrected chi connectivity index (χ1v) is 6.09. The summed E-state index contributed by atoms with van der Waals surface area (Å²) in [7, 11) is 0. The number of amides is 1. The van der Waals surface area contributed by atoms with E-state index in [0.717, 1.165) is 0 Å². The van der Waals surface area contributed by atoms with Crippen LogP contribution in [0, 0.1) is 6.92 Å². The zero-order valence-corrected chi connectivity index (χ0v) is 11.0. The molecule has 2 N–H and O–H groups in total. The van der Waals surface area contributed by atoms with E-state index in [-0.39, 0.29) is 12.2 Å². The number of hydrogen-bond acceptors (Lipinski definition) is 4. The number of halogens is 1. The molecule has 1 atom stereocenters. The number of carbonyl (C=O) groups excluding carboxylic acids is 1. The number of carbonyl (C=O) groups is 1. The molecule has 19 heavy (non-hydrogen) atoms. The summed E-state index contributed by atoms with van der Waals surface area (Å²) in [4.78, 5) is 11.7. The van der Waals surface area contributed by atoms with Crippen LogP contribution < -0.4 is 5.32 Å². The SMILES string of the molecule is Cc1cc(C(=O)NCC(O)c2ccccc2Cl)no1. The fourth-order valence-corrected chi connectivity index (χ4v) is 1.87. The van der Waals surface area contributed by atoms with Crippen molar-refractivity contribution in [3.8, 4) is 0 Å². The van der Waals surface area contributed by atoms with Crippen LogP contribution in [0.25, 0.3) is 0 Å². The Hall–Kier alpha value is -1.85. The van der Waals surface area contributed by atoms with Gasteiger partial charge in [-0.05, 0) is 13.0 Å². The molecule has 1 aromatic heterocycles. The lowest BCUT2D eigenvalue weighted by Gasteiger charge is -2.12. The highest BCUT2D eigenvalue weighted by Crippen LogP contribution is 2.21. The van der Waals surface area contributed by atoms with Crippen molar-refractivity contribution >= 4 is 17.5 Å². The van der Waals surface area contributed by atoms with Crippen molar-refractivity contribution in [1.29, 1.82) is 0 Å². The Labute approximate surface area is 115 Å². The van der Waals surface area contributed by atoms with Gasteiger partial charge in [-0.2, -0.15) is 0 Å². The molecule has 2 rings (SSSR count). The smallest absolute Gasteiger partial charge is 0.273 e. The van der Waals surface area contributed by atoms with Gasteiger partial charge in [0.1, 0.15) is 5.76 Å². The van der Waals surface area contributed by atoms with Crippen LogP contribution >= 0.6 is 11.6 Å². The largest absolute Gasteiger partial charge is 0.387 e. The van der Waals surface area contributed by atoms with Gasteiger partial charge in [-0.3, -0.25) is 4.79 Å². The first-order valence-electron chi connectivity index (χ1n) is 5.72. The van der Waals surface area contributed by atoms with Crippen LogP contribution in [0.4, 0.5) is 0 Å². The molecular weight excluding hydrogens is 268 g/mol. The number of nitrogens with one attached hydrogen (secondary N) is 1. The molecular formula is C13H13ClN2O3. The first kappa shape index (κ1) is 13.6. The average molecular weight is 281 g/mol. The van der Waals surface area contributed by atoms with E-state index >= 15 is 0 Å². The minimum absolute atomic E-state index is 0.0501. The Kier molecular flexibility index (Phi) is 4.19. The van der Waals surface area contributed by atoms with Crippen molar-refractivity contribution in [2.75, 3.05) is 6.54 Å². The standard InChI is InChI=1S/C13H13ClN2O3/c1-8-6-11(16-19-8)13(18)15-7-12(17)9-4-2-3-5-10(9)14/h2-6,12,17H,7H2,1H3,(H,15,18). The average Bonchev–Trinajstić information content (AvgIpc) is 2.83. The zero-order chi connectivity index (χ0) is 13.8. The minimum atomic E-state index is -0.870. The second kappa shape index (κ2) is 5.86. The van der Waals surface area contributed by atoms with Crippen molar-refractivity contribution in [2.24, 2.45) is 0 Å². The molecule has 1 unspecified atom stereocenters. The quantitative estimate of drug-likeness (QED) is 0.899. The molecule has 0 spiro atoms. The van der Waals surface area contributed by atoms with Gasteiger partial charge in [0, 0.05) is 23.2 Å². The van der Waals surface area contributed by atoms with Gasteiger partial charge in [0.15, 0.2) is 5.69 Å². The van der Waals surface area contributed by atoms with E-state index in [1.165, 1.54) is 6.07 Å². The van der Waals surface area contributed by atoms with Gasteiger partial charge >= 0.3 is 0 Å². The van der Waals surface area contributed by atoms with E-state index in [2.05, 4.69) is 10.5 Å². The van der Waals surface area contributed by atoms with Gasteiger partial charge in [0.2, 0.25) is 0 Å². The van der Waals surface area contributed by atoms with Gasteiger partial charge in [-0.15, -0.1) is 0 Å². The summed E-state index contributed by atoms with van der Waals surface area (Å²) in [6.07, 6.45) is -0.870. The lowest BCUT2D eigenvalue weighted by atomic mass is 10.1. The maximum Gasteiger partial charge on any atom is 0.273 e. The van der Waals surface area contributed by atoms with Gasteiger partial charge in [0.05, 0.1) is 6.10 Å². The molecule has 0 aliphatic heterocycles. The summed E-state index contributed by atoms with van der Waals surface area (Å²) in [5, 5.41) is 16.6. The van der Waals surface area contributed by atoms with Crippen molar-refractivity contribution in [3.05, 3.63) is 52.4 Å². The van der Waals surface area contributed by atoms with Crippen molar-refractivity contribution in [1.82, 2.24) is 10.5 Å². The molecule has 100 valence electrons. The lowest BCUT2D eigenvalue weighted by molar-refractivity contribution is 0.0907. The molecule has 0 saturated heterocycles. The topological polar surface area (TPSA) is 75.4 Å². The van der Waals surface area contributed by atoms with E-state index in [4.69, 9.17) is 16.1 Å². The monoisotopic (exact) mass is 280 g/mol. The molecule has 6 heteroatoms. The summed E-state index contributed by atoms with van der Waals surface area (Å²) in [5.74, 6) is 0.153. The number of aryl methyl sites for hydroxylation is 1. The maximum absolute atomic E-state index is 11.7. The van der Waals surface area contributed by atoms with Crippen LogP contribution in [0.1, 0.15) is 27.9 Å². The van der Waals surface area contributed by atoms with Crippen LogP contribution in [-0.2, 0) is 0 Å². The molecule has 0 aliphatic rings. The number of rotatable bonds is 4. The van der Waals surface area contributed by atoms with Crippen molar-refractivity contribution in [3.63, 3.8) is 0 Å². The van der Waals surface area contributed by atoms with Crippen LogP contribution in [0.2, 0.25) is 5.02 Å². The summed E-state index contributed by atoms with van der Waals surface area (Å²) in [6, 6.07) is 8.46. The molecule has 0 bridgehead atoms. The summed E-state index contributed by atoms with van der Waals surface area (Å²) in [5.41, 5.74) is 0.754. The maximum atomic E-state index is 11.7. The van der Waals surface area contributed by atoms with Crippen molar-refractivity contribution < 1.29 is 14.4 Å². The summed E-state index contributed by atoms with van der Waals surface area (Å²) in [6.45, 7) is 1.75. The highest BCUT2D eigenvalue weighted by molar-refractivity contribution is 6.31. The third kappa shape index (κ3) is 3.33. The van der Waals surface area contributed by atoms with Crippen LogP contribution in [0.5, 0.6) is 0 Å². The molecule has 0 fully saturated rings. The van der Waals surface area contributed by atoms with Crippen LogP contribution in [-0.4, -0.2) is 22.7 Å². The Morgan fingerprint density at radius 1 is 1.53 bits per heavy atom. The second-order valence-electron chi connectivity index (χ2n) is 4.07. The van der Waals surface area contributed by atoms with Gasteiger partial charge < -0.3 is 14.9 Å². The van der Waals surface area contributed by atoms with Crippen molar-refractivity contribution in [2.45, 2.75) is 13.0 Å². The molecule has 2 aromatic rings. The van der Waals surface area contributed by atoms with E-state index in [1.807, 2.05) is 0 Å². The van der Waals surface area contributed by atoms with Gasteiger partial charge in [-0.25, -0.2) is 0 Å². The fourth-order valence-electron chi connectivity index (χ4n) is 1.61. The number of aliphatic hydroxyl groups excluding tert-OH is 1. The number of aromatic nitrogens is 1. The van der Waals surface area contributed by atoms with Gasteiger partial charge in [-0.1, -0.05) is 35.0 Å².